The molecule has 1 rings (SSSR count). The first-order chi connectivity index (χ1) is 15.5. The second-order valence-corrected chi connectivity index (χ2v) is 7.92. The van der Waals surface area contributed by atoms with Crippen molar-refractivity contribution < 1.29 is 29.1 Å². The van der Waals surface area contributed by atoms with Crippen LogP contribution < -0.4 is 33.6 Å². The van der Waals surface area contributed by atoms with Gasteiger partial charge < -0.3 is 43.6 Å². The van der Waals surface area contributed by atoms with Crippen molar-refractivity contribution >= 4 is 48.2 Å². The molecule has 14 nitrogen and oxygen atoms in total. The van der Waals surface area contributed by atoms with Crippen LogP contribution in [0, 0.1) is 0 Å². The van der Waals surface area contributed by atoms with Gasteiger partial charge >= 0.3 is 5.97 Å². The summed E-state index contributed by atoms with van der Waals surface area (Å²) in [5.74, 6) is -4.41. The normalized spacial score (nSPS) is 18.0. The molecule has 4 atom stereocenters. The van der Waals surface area contributed by atoms with E-state index >= 15 is 0 Å². The number of hydrogen-bond acceptors (Lipinski definition) is 8. The summed E-state index contributed by atoms with van der Waals surface area (Å²) >= 11 is 4.07. The minimum atomic E-state index is -1.39. The molecule has 4 unspecified atom stereocenters. The summed E-state index contributed by atoms with van der Waals surface area (Å²) in [5.41, 5.74) is 21.4. The molecule has 186 valence electrons. The minimum absolute atomic E-state index is 0.0943. The number of amides is 4. The molecule has 1 saturated heterocycles. The Morgan fingerprint density at radius 2 is 1.73 bits per heavy atom. The van der Waals surface area contributed by atoms with Crippen molar-refractivity contribution in [2.45, 2.75) is 56.3 Å². The topological polar surface area (TPSA) is 249 Å². The van der Waals surface area contributed by atoms with Crippen molar-refractivity contribution in [3.8, 4) is 0 Å². The van der Waals surface area contributed by atoms with E-state index in [1.165, 1.54) is 0 Å². The number of carbonyl (C=O) groups excluding carboxylic acids is 4. The van der Waals surface area contributed by atoms with Gasteiger partial charge in [-0.25, -0.2) is 4.79 Å². The van der Waals surface area contributed by atoms with Crippen LogP contribution in [0.3, 0.4) is 0 Å². The first kappa shape index (κ1) is 28.0. The number of aliphatic imine (C=N–C) groups is 1. The minimum Gasteiger partial charge on any atom is -0.480 e. The summed E-state index contributed by atoms with van der Waals surface area (Å²) in [7, 11) is 0. The van der Waals surface area contributed by atoms with Crippen LogP contribution in [0.5, 0.6) is 0 Å². The van der Waals surface area contributed by atoms with E-state index in [0.717, 1.165) is 4.90 Å². The van der Waals surface area contributed by atoms with Crippen LogP contribution in [0.25, 0.3) is 0 Å². The van der Waals surface area contributed by atoms with Crippen LogP contribution >= 0.6 is 12.6 Å². The first-order valence-electron chi connectivity index (χ1n) is 10.3. The molecule has 0 saturated carbocycles. The van der Waals surface area contributed by atoms with E-state index in [2.05, 4.69) is 28.3 Å². The molecule has 0 aromatic heterocycles. The fraction of sp³-hybridized carbons (Fsp3) is 0.667. The van der Waals surface area contributed by atoms with Crippen molar-refractivity contribution in [3.63, 3.8) is 0 Å². The summed E-state index contributed by atoms with van der Waals surface area (Å²) in [6, 6.07) is -4.55. The molecule has 1 aliphatic heterocycles. The van der Waals surface area contributed by atoms with Gasteiger partial charge in [-0.05, 0) is 25.7 Å². The SMILES string of the molecule is NC(=O)CC(NC(=O)C(N)CCCN=C(N)N)C(=O)NC(CS)C(=O)N1CCCC1C(=O)O. The molecular formula is C18H32N8O6S. The fourth-order valence-corrected chi connectivity index (χ4v) is 3.53. The number of hydrogen-bond donors (Lipinski definition) is 8. The summed E-state index contributed by atoms with van der Waals surface area (Å²) in [4.78, 5) is 65.6. The van der Waals surface area contributed by atoms with Crippen molar-refractivity contribution in [1.29, 1.82) is 0 Å². The smallest absolute Gasteiger partial charge is 0.326 e. The third-order valence-electron chi connectivity index (χ3n) is 4.96. The molecule has 0 bridgehead atoms. The summed E-state index contributed by atoms with van der Waals surface area (Å²) in [5, 5.41) is 14.0. The van der Waals surface area contributed by atoms with Gasteiger partial charge in [-0.15, -0.1) is 0 Å². The second-order valence-electron chi connectivity index (χ2n) is 7.56. The molecule has 4 amide bonds. The lowest BCUT2D eigenvalue weighted by molar-refractivity contribution is -0.149. The van der Waals surface area contributed by atoms with Crippen molar-refractivity contribution in [2.24, 2.45) is 27.9 Å². The van der Waals surface area contributed by atoms with Crippen molar-refractivity contribution in [3.05, 3.63) is 0 Å². The number of nitrogens with one attached hydrogen (secondary N) is 2. The van der Waals surface area contributed by atoms with E-state index < -0.39 is 60.2 Å². The Kier molecular flexibility index (Phi) is 11.4. The number of carboxylic acid groups (broad SMARTS) is 1. The zero-order chi connectivity index (χ0) is 25.1. The standard InChI is InChI=1S/C18H32N8O6S/c19-9(3-1-5-23-18(21)22)14(28)24-10(7-13(20)27)15(29)25-11(8-33)16(30)26-6-2-4-12(26)17(31)32/h9-12,33H,1-8,19H2,(H2,20,27)(H,24,28)(H,25,29)(H,31,32)(H4,21,22,23). The number of nitrogens with zero attached hydrogens (tertiary/aromatic N) is 2. The fourth-order valence-electron chi connectivity index (χ4n) is 3.28. The van der Waals surface area contributed by atoms with Gasteiger partial charge in [0.1, 0.15) is 18.1 Å². The molecule has 15 heteroatoms. The van der Waals surface area contributed by atoms with Gasteiger partial charge in [-0.2, -0.15) is 12.6 Å². The molecule has 1 aliphatic rings. The lowest BCUT2D eigenvalue weighted by Crippen LogP contribution is -2.58. The highest BCUT2D eigenvalue weighted by atomic mass is 32.1. The quantitative estimate of drug-likeness (QED) is 0.0547. The van der Waals surface area contributed by atoms with Crippen LogP contribution in [0.15, 0.2) is 4.99 Å². The Hall–Kier alpha value is -3.07. The lowest BCUT2D eigenvalue weighted by atomic mass is 10.1. The number of likely N-dealkylation sites (tertiary alicyclic amines) is 1. The maximum Gasteiger partial charge on any atom is 0.326 e. The van der Waals surface area contributed by atoms with Crippen LogP contribution in [0.2, 0.25) is 0 Å². The van der Waals surface area contributed by atoms with Gasteiger partial charge in [-0.3, -0.25) is 24.2 Å². The van der Waals surface area contributed by atoms with E-state index in [9.17, 15) is 29.1 Å². The molecule has 0 aliphatic carbocycles. The van der Waals surface area contributed by atoms with Gasteiger partial charge in [-0.1, -0.05) is 0 Å². The number of carbonyl (C=O) groups is 5. The second kappa shape index (κ2) is 13.5. The van der Waals surface area contributed by atoms with Crippen LogP contribution in [0.1, 0.15) is 32.1 Å². The first-order valence-corrected chi connectivity index (χ1v) is 10.9. The van der Waals surface area contributed by atoms with Gasteiger partial charge in [0.25, 0.3) is 0 Å². The van der Waals surface area contributed by atoms with Crippen molar-refractivity contribution in [2.75, 3.05) is 18.8 Å². The van der Waals surface area contributed by atoms with E-state index in [4.69, 9.17) is 22.9 Å². The average Bonchev–Trinajstić information content (AvgIpc) is 3.23. The molecule has 0 aromatic rings. The molecule has 0 radical (unpaired) electrons. The number of rotatable bonds is 13. The van der Waals surface area contributed by atoms with Gasteiger partial charge in [0.05, 0.1) is 12.5 Å². The highest BCUT2D eigenvalue weighted by molar-refractivity contribution is 7.80. The van der Waals surface area contributed by atoms with Crippen LogP contribution in [-0.4, -0.2) is 88.6 Å². The predicted molar refractivity (Wildman–Crippen MR) is 122 cm³/mol. The molecule has 1 fully saturated rings. The molecule has 0 aromatic carbocycles. The number of nitrogens with two attached hydrogens (primary N) is 4. The van der Waals surface area contributed by atoms with Crippen molar-refractivity contribution in [1.82, 2.24) is 15.5 Å². The maximum atomic E-state index is 12.8. The Morgan fingerprint density at radius 3 is 2.27 bits per heavy atom. The Labute approximate surface area is 196 Å². The van der Waals surface area contributed by atoms with E-state index in [-0.39, 0.29) is 31.2 Å². The molecule has 1 heterocycles. The molecule has 11 N–H and O–H groups in total. The average molecular weight is 489 g/mol. The number of carboxylic acids is 1. The third-order valence-corrected chi connectivity index (χ3v) is 5.33. The number of thiol groups is 1. The van der Waals surface area contributed by atoms with E-state index in [1.54, 1.807) is 0 Å². The highest BCUT2D eigenvalue weighted by Crippen LogP contribution is 2.19. The van der Waals surface area contributed by atoms with E-state index in [0.29, 0.717) is 19.3 Å². The van der Waals surface area contributed by atoms with Crippen LogP contribution in [-0.2, 0) is 24.0 Å². The predicted octanol–water partition coefficient (Wildman–Crippen LogP) is -3.78. The largest absolute Gasteiger partial charge is 0.480 e. The zero-order valence-electron chi connectivity index (χ0n) is 18.1. The Bertz CT molecular complexity index is 775. The monoisotopic (exact) mass is 488 g/mol. The summed E-state index contributed by atoms with van der Waals surface area (Å²) < 4.78 is 0. The third kappa shape index (κ3) is 9.13. The molecule has 33 heavy (non-hydrogen) atoms. The molecular weight excluding hydrogens is 456 g/mol. The van der Waals surface area contributed by atoms with Gasteiger partial charge in [0.2, 0.25) is 23.6 Å². The highest BCUT2D eigenvalue weighted by Gasteiger charge is 2.38. The maximum absolute atomic E-state index is 12.8. The summed E-state index contributed by atoms with van der Waals surface area (Å²) in [6.45, 7) is 0.486. The zero-order valence-corrected chi connectivity index (χ0v) is 19.0. The van der Waals surface area contributed by atoms with Gasteiger partial charge in [0, 0.05) is 18.8 Å². The molecule has 0 spiro atoms. The summed E-state index contributed by atoms with van der Waals surface area (Å²) in [6.07, 6.45) is 0.882. The number of guanidine groups is 1. The lowest BCUT2D eigenvalue weighted by Gasteiger charge is -2.28. The number of aliphatic carboxylic acids is 1. The number of primary amides is 1. The van der Waals surface area contributed by atoms with Gasteiger partial charge in [0.15, 0.2) is 5.96 Å². The Balaban J connectivity index is 2.79. The van der Waals surface area contributed by atoms with E-state index in [1.807, 2.05) is 0 Å². The van der Waals surface area contributed by atoms with Crippen LogP contribution in [0.4, 0.5) is 0 Å². The Morgan fingerprint density at radius 1 is 1.09 bits per heavy atom.